The highest BCUT2D eigenvalue weighted by atomic mass is 32.2. The second kappa shape index (κ2) is 10.0. The Morgan fingerprint density at radius 1 is 1.00 bits per heavy atom. The van der Waals surface area contributed by atoms with Gasteiger partial charge in [-0.25, -0.2) is 0 Å². The fourth-order valence-corrected chi connectivity index (χ4v) is 4.07. The predicted octanol–water partition coefficient (Wildman–Crippen LogP) is 4.93. The molecule has 0 aliphatic rings. The fraction of sp³-hybridized carbons (Fsp3) is 0.333. The third-order valence-corrected chi connectivity index (χ3v) is 5.37. The molecule has 0 saturated heterocycles. The van der Waals surface area contributed by atoms with Crippen LogP contribution in [0.1, 0.15) is 25.8 Å². The summed E-state index contributed by atoms with van der Waals surface area (Å²) in [5, 5.41) is 8.92. The molecule has 26 heavy (non-hydrogen) atoms. The van der Waals surface area contributed by atoms with Crippen LogP contribution in [0.2, 0.25) is 0 Å². The zero-order valence-electron chi connectivity index (χ0n) is 15.2. The topological polar surface area (TPSA) is 57.6 Å². The molecule has 1 unspecified atom stereocenters. The maximum Gasteiger partial charge on any atom is 0.304 e. The van der Waals surface area contributed by atoms with Gasteiger partial charge in [-0.2, -0.15) is 0 Å². The molecular weight excluding hydrogens is 346 g/mol. The summed E-state index contributed by atoms with van der Waals surface area (Å²) >= 11 is 1.14. The highest BCUT2D eigenvalue weighted by Crippen LogP contribution is 2.29. The smallest absolute Gasteiger partial charge is 0.304 e. The van der Waals surface area contributed by atoms with Gasteiger partial charge in [0.25, 0.3) is 5.24 Å². The molecule has 0 aliphatic carbocycles. The molecule has 2 aromatic rings. The van der Waals surface area contributed by atoms with E-state index in [0.29, 0.717) is 19.5 Å². The molecular formula is C21H25NO3S. The van der Waals surface area contributed by atoms with Crippen molar-refractivity contribution in [3.63, 3.8) is 0 Å². The molecule has 0 aliphatic heterocycles. The van der Waals surface area contributed by atoms with Gasteiger partial charge in [-0.15, -0.1) is 0 Å². The van der Waals surface area contributed by atoms with Crippen molar-refractivity contribution in [1.29, 1.82) is 0 Å². The van der Waals surface area contributed by atoms with Crippen LogP contribution in [0.4, 0.5) is 4.79 Å². The van der Waals surface area contributed by atoms with Crippen LogP contribution in [-0.2, 0) is 11.2 Å². The van der Waals surface area contributed by atoms with E-state index in [1.807, 2.05) is 68.4 Å². The second-order valence-corrected chi connectivity index (χ2v) is 7.25. The molecule has 5 heteroatoms. The van der Waals surface area contributed by atoms with Gasteiger partial charge in [0.05, 0.1) is 6.42 Å². The Balaban J connectivity index is 2.23. The first-order chi connectivity index (χ1) is 12.5. The number of benzene rings is 2. The monoisotopic (exact) mass is 371 g/mol. The second-order valence-electron chi connectivity index (χ2n) is 6.00. The number of hydrogen-bond acceptors (Lipinski definition) is 3. The van der Waals surface area contributed by atoms with Crippen molar-refractivity contribution in [2.45, 2.75) is 31.9 Å². The molecule has 0 aromatic heterocycles. The number of aliphatic carboxylic acids is 1. The van der Waals surface area contributed by atoms with Crippen molar-refractivity contribution in [3.05, 3.63) is 60.2 Å². The van der Waals surface area contributed by atoms with E-state index < -0.39 is 5.97 Å². The minimum absolute atomic E-state index is 0.0409. The number of carboxylic acid groups (broad SMARTS) is 1. The lowest BCUT2D eigenvalue weighted by Gasteiger charge is -2.22. The van der Waals surface area contributed by atoms with Crippen LogP contribution >= 0.6 is 11.8 Å². The predicted molar refractivity (Wildman–Crippen MR) is 108 cm³/mol. The highest BCUT2D eigenvalue weighted by molar-refractivity contribution is 8.14. The number of carboxylic acids is 1. The lowest BCUT2D eigenvalue weighted by Crippen LogP contribution is -2.29. The standard InChI is InChI=1S/C21H25NO3S/c1-3-22(4-2)21(25)26-18(15-20(23)24)14-17-12-8-9-13-19(17)16-10-6-5-7-11-16/h5-13,18H,3-4,14-15H2,1-2H3,(H,23,24). The summed E-state index contributed by atoms with van der Waals surface area (Å²) in [4.78, 5) is 25.5. The average Bonchev–Trinajstić information content (AvgIpc) is 2.63. The van der Waals surface area contributed by atoms with Crippen LogP contribution in [0.25, 0.3) is 11.1 Å². The molecule has 0 spiro atoms. The number of carbonyl (C=O) groups excluding carboxylic acids is 1. The van der Waals surface area contributed by atoms with E-state index in [9.17, 15) is 14.7 Å². The van der Waals surface area contributed by atoms with Gasteiger partial charge >= 0.3 is 5.97 Å². The summed E-state index contributed by atoms with van der Waals surface area (Å²) in [6, 6.07) is 18.0. The van der Waals surface area contributed by atoms with Crippen LogP contribution in [-0.4, -0.2) is 39.6 Å². The van der Waals surface area contributed by atoms with E-state index in [1.54, 1.807) is 4.90 Å². The number of rotatable bonds is 8. The molecule has 0 radical (unpaired) electrons. The number of amides is 1. The van der Waals surface area contributed by atoms with Gasteiger partial charge in [0, 0.05) is 18.3 Å². The highest BCUT2D eigenvalue weighted by Gasteiger charge is 2.22. The van der Waals surface area contributed by atoms with Crippen LogP contribution in [0.3, 0.4) is 0 Å². The fourth-order valence-electron chi connectivity index (χ4n) is 2.89. The summed E-state index contributed by atoms with van der Waals surface area (Å²) in [6.45, 7) is 5.11. The quantitative estimate of drug-likeness (QED) is 0.714. The Morgan fingerprint density at radius 3 is 2.23 bits per heavy atom. The van der Waals surface area contributed by atoms with Crippen LogP contribution < -0.4 is 0 Å². The van der Waals surface area contributed by atoms with Crippen molar-refractivity contribution in [2.24, 2.45) is 0 Å². The molecule has 0 heterocycles. The van der Waals surface area contributed by atoms with E-state index >= 15 is 0 Å². The van der Waals surface area contributed by atoms with E-state index in [1.165, 1.54) is 0 Å². The maximum atomic E-state index is 12.4. The molecule has 1 amide bonds. The lowest BCUT2D eigenvalue weighted by molar-refractivity contribution is -0.136. The number of thioether (sulfide) groups is 1. The van der Waals surface area contributed by atoms with Crippen molar-refractivity contribution in [2.75, 3.05) is 13.1 Å². The van der Waals surface area contributed by atoms with Crippen molar-refractivity contribution >= 4 is 23.0 Å². The van der Waals surface area contributed by atoms with Crippen molar-refractivity contribution < 1.29 is 14.7 Å². The SMILES string of the molecule is CCN(CC)C(=O)SC(CC(=O)O)Cc1ccccc1-c1ccccc1. The van der Waals surface area contributed by atoms with Crippen LogP contribution in [0.15, 0.2) is 54.6 Å². The van der Waals surface area contributed by atoms with Gasteiger partial charge in [0.2, 0.25) is 0 Å². The Bertz CT molecular complexity index is 729. The van der Waals surface area contributed by atoms with Gasteiger partial charge in [-0.1, -0.05) is 66.4 Å². The Kier molecular flexibility index (Phi) is 7.73. The maximum absolute atomic E-state index is 12.4. The van der Waals surface area contributed by atoms with Gasteiger partial charge in [-0.3, -0.25) is 9.59 Å². The Labute approximate surface area is 159 Å². The minimum Gasteiger partial charge on any atom is -0.481 e. The Hall–Kier alpha value is -2.27. The summed E-state index contributed by atoms with van der Waals surface area (Å²) in [5.41, 5.74) is 3.24. The van der Waals surface area contributed by atoms with Gasteiger partial charge in [0.1, 0.15) is 0 Å². The molecule has 0 fully saturated rings. The first kappa shape index (κ1) is 20.0. The molecule has 4 nitrogen and oxygen atoms in total. The van der Waals surface area contributed by atoms with Crippen LogP contribution in [0, 0.1) is 0 Å². The van der Waals surface area contributed by atoms with Crippen molar-refractivity contribution in [1.82, 2.24) is 4.90 Å². The first-order valence-electron chi connectivity index (χ1n) is 8.85. The van der Waals surface area contributed by atoms with E-state index in [4.69, 9.17) is 0 Å². The Morgan fingerprint density at radius 2 is 1.62 bits per heavy atom. The summed E-state index contributed by atoms with van der Waals surface area (Å²) in [5.74, 6) is -0.882. The first-order valence-corrected chi connectivity index (χ1v) is 9.73. The average molecular weight is 372 g/mol. The summed E-state index contributed by atoms with van der Waals surface area (Å²) < 4.78 is 0. The molecule has 138 valence electrons. The zero-order chi connectivity index (χ0) is 18.9. The number of nitrogens with zero attached hydrogens (tertiary/aromatic N) is 1. The third kappa shape index (κ3) is 5.63. The molecule has 1 N–H and O–H groups in total. The van der Waals surface area contributed by atoms with Gasteiger partial charge in [-0.05, 0) is 37.0 Å². The molecule has 2 aromatic carbocycles. The molecule has 1 atom stereocenters. The van der Waals surface area contributed by atoms with E-state index in [0.717, 1.165) is 28.5 Å². The van der Waals surface area contributed by atoms with Gasteiger partial charge in [0.15, 0.2) is 0 Å². The van der Waals surface area contributed by atoms with Gasteiger partial charge < -0.3 is 10.0 Å². The largest absolute Gasteiger partial charge is 0.481 e. The van der Waals surface area contributed by atoms with Crippen molar-refractivity contribution in [3.8, 4) is 11.1 Å². The summed E-state index contributed by atoms with van der Waals surface area (Å²) in [7, 11) is 0. The molecule has 0 bridgehead atoms. The third-order valence-electron chi connectivity index (χ3n) is 4.24. The normalized spacial score (nSPS) is 11.8. The zero-order valence-corrected chi connectivity index (χ0v) is 16.0. The van der Waals surface area contributed by atoms with Crippen LogP contribution in [0.5, 0.6) is 0 Å². The van der Waals surface area contributed by atoms with E-state index in [-0.39, 0.29) is 16.9 Å². The van der Waals surface area contributed by atoms with E-state index in [2.05, 4.69) is 0 Å². The number of carbonyl (C=O) groups is 2. The molecule has 0 saturated carbocycles. The minimum atomic E-state index is -0.882. The summed E-state index contributed by atoms with van der Waals surface area (Å²) in [6.07, 6.45) is 0.496. The molecule has 2 rings (SSSR count). The lowest BCUT2D eigenvalue weighted by atomic mass is 9.96. The number of hydrogen-bond donors (Lipinski definition) is 1.